The summed E-state index contributed by atoms with van der Waals surface area (Å²) in [7, 11) is 1.75. The summed E-state index contributed by atoms with van der Waals surface area (Å²) in [5, 5.41) is 16.0. The molecule has 0 atom stereocenters. The molecule has 90 valence electrons. The predicted octanol–water partition coefficient (Wildman–Crippen LogP) is 0.468. The third-order valence-electron chi connectivity index (χ3n) is 2.38. The second kappa shape index (κ2) is 4.84. The van der Waals surface area contributed by atoms with E-state index in [0.29, 0.717) is 18.3 Å². The van der Waals surface area contributed by atoms with E-state index in [4.69, 9.17) is 10.8 Å². The zero-order chi connectivity index (χ0) is 12.3. The Kier molecular flexibility index (Phi) is 3.24. The van der Waals surface area contributed by atoms with Crippen molar-refractivity contribution in [3.8, 4) is 11.4 Å². The molecule has 0 bridgehead atoms. The van der Waals surface area contributed by atoms with Gasteiger partial charge in [0.2, 0.25) is 5.95 Å². The van der Waals surface area contributed by atoms with Gasteiger partial charge in [0.15, 0.2) is 5.82 Å². The molecule has 6 nitrogen and oxygen atoms in total. The molecular weight excluding hydrogens is 218 g/mol. The van der Waals surface area contributed by atoms with Crippen molar-refractivity contribution >= 4 is 11.6 Å². The topological polar surface area (TPSA) is 89.0 Å². The van der Waals surface area contributed by atoms with Crippen molar-refractivity contribution in [1.82, 2.24) is 14.8 Å². The van der Waals surface area contributed by atoms with Gasteiger partial charge in [-0.3, -0.25) is 0 Å². The maximum atomic E-state index is 8.69. The molecule has 1 aromatic heterocycles. The summed E-state index contributed by atoms with van der Waals surface area (Å²) in [6, 6.07) is 7.65. The molecule has 0 spiro atoms. The molecule has 17 heavy (non-hydrogen) atoms. The lowest BCUT2D eigenvalue weighted by atomic mass is 10.2. The number of benzene rings is 1. The zero-order valence-electron chi connectivity index (χ0n) is 9.59. The Morgan fingerprint density at radius 2 is 2.06 bits per heavy atom. The number of hydrogen-bond acceptors (Lipinski definition) is 5. The number of aryl methyl sites for hydroxylation is 1. The highest BCUT2D eigenvalue weighted by molar-refractivity contribution is 5.60. The van der Waals surface area contributed by atoms with Gasteiger partial charge in [-0.1, -0.05) is 0 Å². The number of nitrogens with one attached hydrogen (secondary N) is 1. The van der Waals surface area contributed by atoms with Gasteiger partial charge in [-0.05, 0) is 24.3 Å². The number of aliphatic hydroxyl groups excluding tert-OH is 1. The molecule has 1 heterocycles. The Balaban J connectivity index is 2.17. The number of aliphatic hydroxyl groups is 1. The Labute approximate surface area is 99.1 Å². The Bertz CT molecular complexity index is 472. The third-order valence-corrected chi connectivity index (χ3v) is 2.38. The van der Waals surface area contributed by atoms with Gasteiger partial charge >= 0.3 is 0 Å². The van der Waals surface area contributed by atoms with Crippen LogP contribution >= 0.6 is 0 Å². The van der Waals surface area contributed by atoms with Crippen LogP contribution in [0.5, 0.6) is 0 Å². The number of nitrogens with zero attached hydrogens (tertiary/aromatic N) is 3. The lowest BCUT2D eigenvalue weighted by molar-refractivity contribution is 0.311. The molecule has 0 aliphatic rings. The van der Waals surface area contributed by atoms with E-state index in [-0.39, 0.29) is 6.61 Å². The molecule has 6 heteroatoms. The van der Waals surface area contributed by atoms with E-state index in [1.807, 2.05) is 24.3 Å². The van der Waals surface area contributed by atoms with Crippen molar-refractivity contribution in [2.24, 2.45) is 7.05 Å². The molecule has 0 saturated carbocycles. The maximum absolute atomic E-state index is 8.69. The molecule has 0 fully saturated rings. The van der Waals surface area contributed by atoms with Crippen molar-refractivity contribution in [2.75, 3.05) is 24.2 Å². The van der Waals surface area contributed by atoms with Gasteiger partial charge in [0.1, 0.15) is 0 Å². The molecule has 0 unspecified atom stereocenters. The first-order chi connectivity index (χ1) is 8.20. The summed E-state index contributed by atoms with van der Waals surface area (Å²) in [5.74, 6) is 1.00. The minimum absolute atomic E-state index is 0.111. The molecular formula is C11H15N5O. The van der Waals surface area contributed by atoms with Gasteiger partial charge in [0, 0.05) is 24.8 Å². The van der Waals surface area contributed by atoms with E-state index in [1.54, 1.807) is 7.05 Å². The SMILES string of the molecule is Cn1nc(-c2ccc(NCCO)cc2)nc1N. The Morgan fingerprint density at radius 3 is 2.59 bits per heavy atom. The van der Waals surface area contributed by atoms with Crippen LogP contribution in [0.4, 0.5) is 11.6 Å². The average Bonchev–Trinajstić information content (AvgIpc) is 2.68. The van der Waals surface area contributed by atoms with E-state index >= 15 is 0 Å². The van der Waals surface area contributed by atoms with Gasteiger partial charge in [-0.2, -0.15) is 4.98 Å². The number of hydrogen-bond donors (Lipinski definition) is 3. The van der Waals surface area contributed by atoms with Crippen LogP contribution in [-0.2, 0) is 7.05 Å². The van der Waals surface area contributed by atoms with Gasteiger partial charge in [0.05, 0.1) is 6.61 Å². The van der Waals surface area contributed by atoms with Crippen LogP contribution in [0.2, 0.25) is 0 Å². The van der Waals surface area contributed by atoms with E-state index in [2.05, 4.69) is 15.4 Å². The average molecular weight is 233 g/mol. The summed E-state index contributed by atoms with van der Waals surface area (Å²) >= 11 is 0. The van der Waals surface area contributed by atoms with Crippen molar-refractivity contribution < 1.29 is 5.11 Å². The molecule has 2 aromatic rings. The first-order valence-corrected chi connectivity index (χ1v) is 5.32. The lowest BCUT2D eigenvalue weighted by Gasteiger charge is -2.04. The maximum Gasteiger partial charge on any atom is 0.218 e. The number of nitrogens with two attached hydrogens (primary N) is 1. The summed E-state index contributed by atoms with van der Waals surface area (Å²) < 4.78 is 1.53. The highest BCUT2D eigenvalue weighted by atomic mass is 16.3. The van der Waals surface area contributed by atoms with Gasteiger partial charge in [-0.25, -0.2) is 4.68 Å². The molecule has 0 radical (unpaired) electrons. The quantitative estimate of drug-likeness (QED) is 0.714. The molecule has 0 aliphatic heterocycles. The summed E-state index contributed by atoms with van der Waals surface area (Å²) in [6.45, 7) is 0.647. The van der Waals surface area contributed by atoms with Crippen molar-refractivity contribution in [2.45, 2.75) is 0 Å². The third kappa shape index (κ3) is 2.54. The minimum Gasteiger partial charge on any atom is -0.395 e. The van der Waals surface area contributed by atoms with Crippen LogP contribution < -0.4 is 11.1 Å². The van der Waals surface area contributed by atoms with Gasteiger partial charge in [0.25, 0.3) is 0 Å². The molecule has 0 aliphatic carbocycles. The van der Waals surface area contributed by atoms with E-state index in [9.17, 15) is 0 Å². The normalized spacial score (nSPS) is 10.5. The fourth-order valence-electron chi connectivity index (χ4n) is 1.46. The molecule has 4 N–H and O–H groups in total. The van der Waals surface area contributed by atoms with Crippen LogP contribution in [0.25, 0.3) is 11.4 Å². The van der Waals surface area contributed by atoms with Crippen LogP contribution in [0, 0.1) is 0 Å². The monoisotopic (exact) mass is 233 g/mol. The minimum atomic E-state index is 0.111. The second-order valence-corrected chi connectivity index (χ2v) is 3.64. The number of rotatable bonds is 4. The Hall–Kier alpha value is -2.08. The number of anilines is 2. The first-order valence-electron chi connectivity index (χ1n) is 5.32. The zero-order valence-corrected chi connectivity index (χ0v) is 9.59. The highest BCUT2D eigenvalue weighted by Gasteiger charge is 2.06. The van der Waals surface area contributed by atoms with Gasteiger partial charge < -0.3 is 16.2 Å². The van der Waals surface area contributed by atoms with Crippen LogP contribution in [-0.4, -0.2) is 33.0 Å². The molecule has 0 amide bonds. The largest absolute Gasteiger partial charge is 0.395 e. The van der Waals surface area contributed by atoms with E-state index in [0.717, 1.165) is 11.3 Å². The summed E-state index contributed by atoms with van der Waals surface area (Å²) in [4.78, 5) is 4.14. The summed E-state index contributed by atoms with van der Waals surface area (Å²) in [6.07, 6.45) is 0. The Morgan fingerprint density at radius 1 is 1.35 bits per heavy atom. The number of nitrogen functional groups attached to an aromatic ring is 1. The molecule has 2 rings (SSSR count). The lowest BCUT2D eigenvalue weighted by Crippen LogP contribution is -2.04. The second-order valence-electron chi connectivity index (χ2n) is 3.64. The fourth-order valence-corrected chi connectivity index (χ4v) is 1.46. The standard InChI is InChI=1S/C11H15N5O/c1-16-11(12)14-10(15-16)8-2-4-9(5-3-8)13-6-7-17/h2-5,13,17H,6-7H2,1H3,(H2,12,14,15). The predicted molar refractivity (Wildman–Crippen MR) is 66.4 cm³/mol. The van der Waals surface area contributed by atoms with Crippen molar-refractivity contribution in [1.29, 1.82) is 0 Å². The van der Waals surface area contributed by atoms with Gasteiger partial charge in [-0.15, -0.1) is 5.10 Å². The van der Waals surface area contributed by atoms with E-state index in [1.165, 1.54) is 4.68 Å². The van der Waals surface area contributed by atoms with Crippen LogP contribution in [0.1, 0.15) is 0 Å². The molecule has 0 saturated heterocycles. The highest BCUT2D eigenvalue weighted by Crippen LogP contribution is 2.18. The van der Waals surface area contributed by atoms with Crippen LogP contribution in [0.3, 0.4) is 0 Å². The van der Waals surface area contributed by atoms with Crippen LogP contribution in [0.15, 0.2) is 24.3 Å². The smallest absolute Gasteiger partial charge is 0.218 e. The van der Waals surface area contributed by atoms with E-state index < -0.39 is 0 Å². The first kappa shape index (κ1) is 11.4. The summed E-state index contributed by atoms with van der Waals surface area (Å²) in [5.41, 5.74) is 7.48. The number of aromatic nitrogens is 3. The van der Waals surface area contributed by atoms with Crippen molar-refractivity contribution in [3.63, 3.8) is 0 Å². The fraction of sp³-hybridized carbons (Fsp3) is 0.273. The molecule has 1 aromatic carbocycles. The van der Waals surface area contributed by atoms with Crippen molar-refractivity contribution in [3.05, 3.63) is 24.3 Å².